The van der Waals surface area contributed by atoms with Crippen LogP contribution in [0.3, 0.4) is 0 Å². The van der Waals surface area contributed by atoms with Crippen LogP contribution in [0.15, 0.2) is 36.4 Å². The van der Waals surface area contributed by atoms with Crippen molar-refractivity contribution in [2.24, 2.45) is 11.8 Å². The second-order valence-electron chi connectivity index (χ2n) is 7.69. The fourth-order valence-corrected chi connectivity index (χ4v) is 3.76. The smallest absolute Gasteiger partial charge is 0.325 e. The Kier molecular flexibility index (Phi) is 6.54. The topological polar surface area (TPSA) is 96.0 Å². The number of hydrogen-bond donors (Lipinski definition) is 1. The van der Waals surface area contributed by atoms with Crippen LogP contribution in [0, 0.1) is 11.8 Å². The van der Waals surface area contributed by atoms with Gasteiger partial charge in [0, 0.05) is 11.6 Å². The number of benzene rings is 1. The number of nitrogens with one attached hydrogen (secondary N) is 1. The van der Waals surface area contributed by atoms with Crippen LogP contribution in [0.4, 0.5) is 5.69 Å². The van der Waals surface area contributed by atoms with Crippen molar-refractivity contribution < 1.29 is 23.9 Å². The number of carbonyl (C=O) groups excluding carboxylic acids is 4. The van der Waals surface area contributed by atoms with Gasteiger partial charge in [-0.2, -0.15) is 0 Å². The van der Waals surface area contributed by atoms with E-state index >= 15 is 0 Å². The van der Waals surface area contributed by atoms with E-state index in [1.165, 1.54) is 9.91 Å². The molecular formula is C22H27N3O5. The van der Waals surface area contributed by atoms with Crippen molar-refractivity contribution in [2.45, 2.75) is 39.7 Å². The number of anilines is 1. The zero-order valence-electron chi connectivity index (χ0n) is 17.5. The van der Waals surface area contributed by atoms with Crippen molar-refractivity contribution in [3.63, 3.8) is 0 Å². The van der Waals surface area contributed by atoms with Gasteiger partial charge in [0.25, 0.3) is 5.91 Å². The zero-order chi connectivity index (χ0) is 21.8. The summed E-state index contributed by atoms with van der Waals surface area (Å²) in [6.07, 6.45) is 4.91. The molecular weight excluding hydrogens is 386 g/mol. The number of esters is 1. The first-order valence-electron chi connectivity index (χ1n) is 10.2. The highest BCUT2D eigenvalue weighted by Crippen LogP contribution is 2.32. The Labute approximate surface area is 175 Å². The van der Waals surface area contributed by atoms with E-state index in [0.29, 0.717) is 24.1 Å². The van der Waals surface area contributed by atoms with Crippen LogP contribution in [0.25, 0.3) is 0 Å². The number of hydrazine groups is 1. The lowest BCUT2D eigenvalue weighted by Crippen LogP contribution is -2.59. The SMILES string of the molecule is CCOC(=O)CN(C(=O)c1cccc(N2NC(=O)C3CC=CCC3C2=O)c1)C(C)C. The summed E-state index contributed by atoms with van der Waals surface area (Å²) < 4.78 is 4.96. The third-order valence-electron chi connectivity index (χ3n) is 5.37. The summed E-state index contributed by atoms with van der Waals surface area (Å²) >= 11 is 0. The van der Waals surface area contributed by atoms with Gasteiger partial charge < -0.3 is 9.64 Å². The molecule has 30 heavy (non-hydrogen) atoms. The van der Waals surface area contributed by atoms with Gasteiger partial charge in [0.1, 0.15) is 6.54 Å². The second kappa shape index (κ2) is 9.11. The van der Waals surface area contributed by atoms with Gasteiger partial charge in [0.05, 0.1) is 24.1 Å². The minimum absolute atomic E-state index is 0.163. The van der Waals surface area contributed by atoms with E-state index in [-0.39, 0.29) is 42.8 Å². The molecule has 1 aliphatic carbocycles. The van der Waals surface area contributed by atoms with E-state index in [0.717, 1.165) is 0 Å². The van der Waals surface area contributed by atoms with E-state index < -0.39 is 11.9 Å². The van der Waals surface area contributed by atoms with E-state index in [1.807, 2.05) is 26.0 Å². The highest BCUT2D eigenvalue weighted by molar-refractivity contribution is 6.05. The number of amides is 3. The molecule has 160 valence electrons. The third-order valence-corrected chi connectivity index (χ3v) is 5.37. The number of ether oxygens (including phenoxy) is 1. The molecule has 8 nitrogen and oxygen atoms in total. The maximum atomic E-state index is 13.1. The van der Waals surface area contributed by atoms with E-state index in [1.54, 1.807) is 31.2 Å². The number of rotatable bonds is 6. The lowest BCUT2D eigenvalue weighted by molar-refractivity contribution is -0.144. The van der Waals surface area contributed by atoms with Crippen molar-refractivity contribution in [1.82, 2.24) is 10.3 Å². The molecule has 0 spiro atoms. The second-order valence-corrected chi connectivity index (χ2v) is 7.69. The molecule has 0 radical (unpaired) electrons. The minimum atomic E-state index is -0.481. The summed E-state index contributed by atoms with van der Waals surface area (Å²) in [6, 6.07) is 6.27. The molecule has 0 saturated carbocycles. The Hall–Kier alpha value is -3.16. The standard InChI is InChI=1S/C22H27N3O5/c1-4-30-19(26)13-24(14(2)3)21(28)15-8-7-9-16(12-15)25-22(29)18-11-6-5-10-17(18)20(27)23-25/h5-9,12,14,17-18H,4,10-11,13H2,1-3H3,(H,23,27). The Bertz CT molecular complexity index is 879. The first-order valence-corrected chi connectivity index (χ1v) is 10.2. The van der Waals surface area contributed by atoms with Gasteiger partial charge in [-0.25, -0.2) is 5.01 Å². The summed E-state index contributed by atoms with van der Waals surface area (Å²) in [5, 5.41) is 1.23. The molecule has 1 aromatic rings. The summed E-state index contributed by atoms with van der Waals surface area (Å²) in [5.74, 6) is -1.99. The molecule has 1 saturated heterocycles. The molecule has 1 aromatic carbocycles. The zero-order valence-corrected chi connectivity index (χ0v) is 17.5. The predicted octanol–water partition coefficient (Wildman–Crippen LogP) is 2.06. The van der Waals surface area contributed by atoms with Crippen LogP contribution in [0.5, 0.6) is 0 Å². The van der Waals surface area contributed by atoms with Gasteiger partial charge in [0.2, 0.25) is 11.8 Å². The fourth-order valence-electron chi connectivity index (χ4n) is 3.76. The number of nitrogens with zero attached hydrogens (tertiary/aromatic N) is 2. The number of fused-ring (bicyclic) bond motifs is 1. The third kappa shape index (κ3) is 4.37. The molecule has 1 N–H and O–H groups in total. The lowest BCUT2D eigenvalue weighted by Gasteiger charge is -2.38. The first kappa shape index (κ1) is 21.5. The van der Waals surface area contributed by atoms with Crippen molar-refractivity contribution in [3.8, 4) is 0 Å². The number of hydrogen-bond acceptors (Lipinski definition) is 5. The van der Waals surface area contributed by atoms with Gasteiger partial charge in [-0.05, 0) is 51.8 Å². The quantitative estimate of drug-likeness (QED) is 0.569. The van der Waals surface area contributed by atoms with Crippen LogP contribution in [0.2, 0.25) is 0 Å². The van der Waals surface area contributed by atoms with Crippen LogP contribution in [0.1, 0.15) is 44.0 Å². The summed E-state index contributed by atoms with van der Waals surface area (Å²) in [6.45, 7) is 5.41. The highest BCUT2D eigenvalue weighted by Gasteiger charge is 2.42. The molecule has 0 aromatic heterocycles. The average Bonchev–Trinajstić information content (AvgIpc) is 2.74. The molecule has 3 amide bonds. The molecule has 1 heterocycles. The summed E-state index contributed by atoms with van der Waals surface area (Å²) in [7, 11) is 0. The normalized spacial score (nSPS) is 20.6. The number of allylic oxidation sites excluding steroid dienone is 2. The Morgan fingerprint density at radius 3 is 2.57 bits per heavy atom. The van der Waals surface area contributed by atoms with E-state index in [9.17, 15) is 19.2 Å². The van der Waals surface area contributed by atoms with Crippen molar-refractivity contribution in [1.29, 1.82) is 0 Å². The molecule has 1 aliphatic heterocycles. The van der Waals surface area contributed by atoms with Crippen molar-refractivity contribution >= 4 is 29.4 Å². The largest absolute Gasteiger partial charge is 0.465 e. The van der Waals surface area contributed by atoms with Gasteiger partial charge >= 0.3 is 5.97 Å². The van der Waals surface area contributed by atoms with Gasteiger partial charge in [-0.3, -0.25) is 24.6 Å². The van der Waals surface area contributed by atoms with E-state index in [2.05, 4.69) is 5.43 Å². The first-order chi connectivity index (χ1) is 14.3. The monoisotopic (exact) mass is 413 g/mol. The average molecular weight is 413 g/mol. The van der Waals surface area contributed by atoms with Gasteiger partial charge in [-0.15, -0.1) is 0 Å². The molecule has 2 atom stereocenters. The Morgan fingerprint density at radius 2 is 1.90 bits per heavy atom. The fraction of sp³-hybridized carbons (Fsp3) is 0.455. The van der Waals surface area contributed by atoms with Gasteiger partial charge in [0.15, 0.2) is 0 Å². The van der Waals surface area contributed by atoms with Crippen LogP contribution >= 0.6 is 0 Å². The molecule has 2 aliphatic rings. The maximum Gasteiger partial charge on any atom is 0.325 e. The molecule has 3 rings (SSSR count). The minimum Gasteiger partial charge on any atom is -0.465 e. The Morgan fingerprint density at radius 1 is 1.20 bits per heavy atom. The van der Waals surface area contributed by atoms with Crippen molar-refractivity contribution in [2.75, 3.05) is 18.2 Å². The maximum absolute atomic E-state index is 13.1. The molecule has 2 unspecified atom stereocenters. The van der Waals surface area contributed by atoms with Crippen LogP contribution < -0.4 is 10.4 Å². The van der Waals surface area contributed by atoms with Gasteiger partial charge in [-0.1, -0.05) is 18.2 Å². The molecule has 8 heteroatoms. The Balaban J connectivity index is 1.83. The van der Waals surface area contributed by atoms with Crippen LogP contribution in [-0.4, -0.2) is 47.8 Å². The highest BCUT2D eigenvalue weighted by atomic mass is 16.5. The summed E-state index contributed by atoms with van der Waals surface area (Å²) in [4.78, 5) is 51.8. The summed E-state index contributed by atoms with van der Waals surface area (Å²) in [5.41, 5.74) is 3.39. The lowest BCUT2D eigenvalue weighted by atomic mass is 9.80. The van der Waals surface area contributed by atoms with Crippen LogP contribution in [-0.2, 0) is 19.1 Å². The van der Waals surface area contributed by atoms with E-state index in [4.69, 9.17) is 4.74 Å². The molecule has 0 bridgehead atoms. The molecule has 1 fully saturated rings. The number of carbonyl (C=O) groups is 4. The van der Waals surface area contributed by atoms with Crippen molar-refractivity contribution in [3.05, 3.63) is 42.0 Å². The predicted molar refractivity (Wildman–Crippen MR) is 110 cm³/mol.